The number of allylic oxidation sites excluding steroid dienone is 1. The Labute approximate surface area is 198 Å². The van der Waals surface area contributed by atoms with Gasteiger partial charge >= 0.3 is 65.9 Å². The predicted molar refractivity (Wildman–Crippen MR) is 76.9 cm³/mol. The summed E-state index contributed by atoms with van der Waals surface area (Å²) < 4.78 is 279. The summed E-state index contributed by atoms with van der Waals surface area (Å²) in [7, 11) is 0. The van der Waals surface area contributed by atoms with E-state index in [1.54, 1.807) is 0 Å². The van der Waals surface area contributed by atoms with Crippen molar-refractivity contribution in [1.29, 1.82) is 0 Å². The molecule has 0 fully saturated rings. The average molecular weight is 632 g/mol. The molecule has 0 aliphatic heterocycles. The van der Waals surface area contributed by atoms with Crippen molar-refractivity contribution in [2.75, 3.05) is 0 Å². The van der Waals surface area contributed by atoms with E-state index in [1.807, 2.05) is 0 Å². The molecule has 0 amide bonds. The van der Waals surface area contributed by atoms with E-state index in [0.717, 1.165) is 0 Å². The molecule has 39 heavy (non-hydrogen) atoms. The van der Waals surface area contributed by atoms with Crippen LogP contribution in [-0.4, -0.2) is 59.9 Å². The van der Waals surface area contributed by atoms with E-state index in [4.69, 9.17) is 0 Å². The van der Waals surface area contributed by atoms with Crippen molar-refractivity contribution in [3.8, 4) is 0 Å². The lowest BCUT2D eigenvalue weighted by atomic mass is 9.91. The summed E-state index contributed by atoms with van der Waals surface area (Å²) in [6, 6.07) is -11.3. The van der Waals surface area contributed by atoms with E-state index < -0.39 is 77.3 Å². The highest BCUT2D eigenvalue weighted by Crippen LogP contribution is 2.63. The first-order valence-corrected chi connectivity index (χ1v) is 8.34. The van der Waals surface area contributed by atoms with Gasteiger partial charge in [0.2, 0.25) is 5.83 Å². The number of alkyl halides is 19. The Hall–Kier alpha value is -2.72. The summed E-state index contributed by atoms with van der Waals surface area (Å²) in [4.78, 5) is 11.0. The molecule has 0 aromatic heterocycles. The zero-order chi connectivity index (χ0) is 32.2. The zero-order valence-corrected chi connectivity index (χ0v) is 17.4. The first-order chi connectivity index (χ1) is 16.6. The van der Waals surface area contributed by atoms with Crippen molar-refractivity contribution < 1.29 is 106 Å². The van der Waals surface area contributed by atoms with Crippen LogP contribution in [0.25, 0.3) is 0 Å². The average Bonchev–Trinajstić information content (AvgIpc) is 2.70. The highest BCUT2D eigenvalue weighted by molar-refractivity contribution is 5.87. The maximum absolute atomic E-state index is 13.8. The molecule has 1 unspecified atom stereocenters. The summed E-state index contributed by atoms with van der Waals surface area (Å²) in [6.45, 7) is 2.91. The van der Waals surface area contributed by atoms with Crippen LogP contribution in [0.1, 0.15) is 6.92 Å². The number of carbonyl (C=O) groups is 1. The molecule has 0 heterocycles. The Kier molecular flexibility index (Phi) is 9.05. The van der Waals surface area contributed by atoms with Crippen molar-refractivity contribution in [1.82, 2.24) is 0 Å². The zero-order valence-electron chi connectivity index (χ0n) is 17.4. The van der Waals surface area contributed by atoms with Gasteiger partial charge in [-0.2, -0.15) is 87.8 Å². The summed E-state index contributed by atoms with van der Waals surface area (Å²) in [5, 5.41) is 0. The normalized spacial score (nSPS) is 17.3. The second-order valence-corrected chi connectivity index (χ2v) is 6.84. The fraction of sp³-hybridized carbons (Fsp3) is 0.667. The van der Waals surface area contributed by atoms with Crippen molar-refractivity contribution in [2.24, 2.45) is 0 Å². The quantitative estimate of drug-likeness (QED) is 0.0812. The van der Waals surface area contributed by atoms with Gasteiger partial charge in [-0.1, -0.05) is 6.58 Å². The summed E-state index contributed by atoms with van der Waals surface area (Å²) in [5.74, 6) is -60.0. The minimum absolute atomic E-state index is 0.404. The van der Waals surface area contributed by atoms with Crippen molar-refractivity contribution in [3.05, 3.63) is 24.0 Å². The van der Waals surface area contributed by atoms with Crippen LogP contribution in [0.4, 0.5) is 92.2 Å². The molecular formula is C15H5F21O3. The number of hydrogen-bond donors (Lipinski definition) is 0. The van der Waals surface area contributed by atoms with Crippen LogP contribution in [0.15, 0.2) is 24.0 Å². The molecule has 0 aromatic carbocycles. The van der Waals surface area contributed by atoms with Gasteiger partial charge in [0.15, 0.2) is 0 Å². The molecule has 0 saturated carbocycles. The Balaban J connectivity index is 6.95. The third kappa shape index (κ3) is 5.50. The lowest BCUT2D eigenvalue weighted by Gasteiger charge is -2.41. The van der Waals surface area contributed by atoms with Gasteiger partial charge in [-0.05, 0) is 6.92 Å². The molecule has 230 valence electrons. The molecule has 0 saturated heterocycles. The van der Waals surface area contributed by atoms with E-state index in [1.165, 1.54) is 0 Å². The van der Waals surface area contributed by atoms with Gasteiger partial charge in [-0.25, -0.2) is 4.79 Å². The molecule has 0 aliphatic rings. The standard InChI is InChI=1S/C15H5F21O3/c1-3(2)6(37)39-15(36,14(33,34)35)38-5(17)4(16)7(18,19)8(20,21)9(22,23)10(24,25)11(26,27)12(28,29)13(30,31)32/h1H2,2H3. The lowest BCUT2D eigenvalue weighted by Crippen LogP contribution is -2.72. The molecule has 0 aliphatic carbocycles. The summed E-state index contributed by atoms with van der Waals surface area (Å²) >= 11 is 0. The van der Waals surface area contributed by atoms with Crippen LogP contribution in [-0.2, 0) is 14.3 Å². The maximum atomic E-state index is 13.8. The number of rotatable bonds is 10. The third-order valence-corrected chi connectivity index (χ3v) is 3.91. The molecule has 0 aromatic rings. The lowest BCUT2D eigenvalue weighted by molar-refractivity contribution is -0.451. The van der Waals surface area contributed by atoms with E-state index in [-0.39, 0.29) is 0 Å². The Morgan fingerprint density at radius 3 is 1.18 bits per heavy atom. The predicted octanol–water partition coefficient (Wildman–Crippen LogP) is 7.79. The number of hydrogen-bond acceptors (Lipinski definition) is 3. The molecule has 3 nitrogen and oxygen atoms in total. The fourth-order valence-electron chi connectivity index (χ4n) is 1.73. The second kappa shape index (κ2) is 9.73. The minimum atomic E-state index is -8.96. The van der Waals surface area contributed by atoms with Gasteiger partial charge in [-0.15, -0.1) is 4.39 Å². The van der Waals surface area contributed by atoms with Crippen LogP contribution < -0.4 is 0 Å². The number of halogens is 21. The van der Waals surface area contributed by atoms with Gasteiger partial charge in [0, 0.05) is 5.57 Å². The fourth-order valence-corrected chi connectivity index (χ4v) is 1.73. The number of ether oxygens (including phenoxy) is 2. The van der Waals surface area contributed by atoms with Crippen LogP contribution in [0, 0.1) is 0 Å². The number of esters is 1. The molecule has 0 radical (unpaired) electrons. The first kappa shape index (κ1) is 36.3. The molecular weight excluding hydrogens is 627 g/mol. The maximum Gasteiger partial charge on any atom is 0.513 e. The van der Waals surface area contributed by atoms with Gasteiger partial charge in [0.25, 0.3) is 0 Å². The largest absolute Gasteiger partial charge is 0.513 e. The Bertz CT molecular complexity index is 988. The van der Waals surface area contributed by atoms with Gasteiger partial charge in [0.05, 0.1) is 0 Å². The van der Waals surface area contributed by atoms with Crippen LogP contribution >= 0.6 is 0 Å². The molecule has 24 heteroatoms. The topological polar surface area (TPSA) is 35.5 Å². The molecule has 0 rings (SSSR count). The van der Waals surface area contributed by atoms with E-state index in [2.05, 4.69) is 16.1 Å². The van der Waals surface area contributed by atoms with E-state index in [0.29, 0.717) is 6.92 Å². The molecule has 0 bridgehead atoms. The third-order valence-electron chi connectivity index (χ3n) is 3.91. The SMILES string of the molecule is C=C(C)C(=O)OC(F)(OC(F)=C(F)C(F)(F)C(F)(F)C(F)(F)C(F)(F)C(F)(F)C(F)(F)C(F)(F)F)C(F)(F)F. The van der Waals surface area contributed by atoms with E-state index in [9.17, 15) is 97.0 Å². The van der Waals surface area contributed by atoms with Crippen molar-refractivity contribution in [3.63, 3.8) is 0 Å². The second-order valence-electron chi connectivity index (χ2n) is 6.84. The highest BCUT2D eigenvalue weighted by atomic mass is 19.4. The van der Waals surface area contributed by atoms with Crippen molar-refractivity contribution >= 4 is 5.97 Å². The van der Waals surface area contributed by atoms with Crippen LogP contribution in [0.5, 0.6) is 0 Å². The van der Waals surface area contributed by atoms with Gasteiger partial charge in [-0.3, -0.25) is 0 Å². The highest BCUT2D eigenvalue weighted by Gasteiger charge is 2.94. The van der Waals surface area contributed by atoms with E-state index >= 15 is 0 Å². The summed E-state index contributed by atoms with van der Waals surface area (Å²) in [6.07, 6.45) is -15.0. The molecule has 1 atom stereocenters. The first-order valence-electron chi connectivity index (χ1n) is 8.34. The smallest absolute Gasteiger partial charge is 0.391 e. The monoisotopic (exact) mass is 632 g/mol. The Morgan fingerprint density at radius 2 is 0.872 bits per heavy atom. The summed E-state index contributed by atoms with van der Waals surface area (Å²) in [5.41, 5.74) is -1.26. The Morgan fingerprint density at radius 1 is 0.538 bits per heavy atom. The molecule has 0 spiro atoms. The minimum Gasteiger partial charge on any atom is -0.391 e. The van der Waals surface area contributed by atoms with Gasteiger partial charge < -0.3 is 9.47 Å². The van der Waals surface area contributed by atoms with Crippen LogP contribution in [0.2, 0.25) is 0 Å². The van der Waals surface area contributed by atoms with Gasteiger partial charge in [0.1, 0.15) is 0 Å². The van der Waals surface area contributed by atoms with Crippen molar-refractivity contribution in [2.45, 2.75) is 60.9 Å². The van der Waals surface area contributed by atoms with Crippen LogP contribution in [0.3, 0.4) is 0 Å². The molecule has 0 N–H and O–H groups in total. The number of carbonyl (C=O) groups excluding carboxylic acids is 1.